The normalized spacial score (nSPS) is 19.1. The monoisotopic (exact) mass is 372 g/mol. The van der Waals surface area contributed by atoms with Crippen molar-refractivity contribution in [2.75, 3.05) is 33.1 Å². The topological polar surface area (TPSA) is 67.9 Å². The molecule has 0 aromatic heterocycles. The van der Waals surface area contributed by atoms with Crippen molar-refractivity contribution in [2.45, 2.75) is 5.92 Å². The van der Waals surface area contributed by atoms with Gasteiger partial charge in [0.25, 0.3) is 0 Å². The summed E-state index contributed by atoms with van der Waals surface area (Å²) in [7, 11) is 4.71. The lowest BCUT2D eigenvalue weighted by Crippen LogP contribution is -2.33. The number of halogens is 1. The average Bonchev–Trinajstić information content (AvgIpc) is 2.97. The molecule has 27 heavy (non-hydrogen) atoms. The van der Waals surface area contributed by atoms with Gasteiger partial charge in [-0.15, -0.1) is 0 Å². The van der Waals surface area contributed by atoms with Gasteiger partial charge in [0.2, 0.25) is 11.8 Å². The van der Waals surface area contributed by atoms with Crippen molar-refractivity contribution >= 4 is 17.5 Å². The molecule has 1 saturated heterocycles. The average molecular weight is 372 g/mol. The summed E-state index contributed by atoms with van der Waals surface area (Å²) in [6.45, 7) is 0.379. The fourth-order valence-corrected chi connectivity index (χ4v) is 3.35. The first kappa shape index (κ1) is 18.7. The Morgan fingerprint density at radius 1 is 1.15 bits per heavy atom. The first-order valence-electron chi connectivity index (χ1n) is 8.48. The van der Waals surface area contributed by atoms with Crippen LogP contribution in [0.1, 0.15) is 11.5 Å². The number of anilines is 1. The summed E-state index contributed by atoms with van der Waals surface area (Å²) in [4.78, 5) is 26.9. The van der Waals surface area contributed by atoms with E-state index in [0.29, 0.717) is 18.0 Å². The fourth-order valence-electron chi connectivity index (χ4n) is 3.35. The molecule has 1 heterocycles. The van der Waals surface area contributed by atoms with Gasteiger partial charge in [-0.25, -0.2) is 4.39 Å². The summed E-state index contributed by atoms with van der Waals surface area (Å²) >= 11 is 0. The highest BCUT2D eigenvalue weighted by Crippen LogP contribution is 2.38. The molecule has 3 rings (SSSR count). The van der Waals surface area contributed by atoms with Crippen molar-refractivity contribution in [1.29, 1.82) is 0 Å². The molecular weight excluding hydrogens is 351 g/mol. The molecule has 0 unspecified atom stereocenters. The molecule has 6 nitrogen and oxygen atoms in total. The number of likely N-dealkylation sites (N-methyl/N-ethyl adjacent to an activating group) is 1. The van der Waals surface area contributed by atoms with Gasteiger partial charge in [0, 0.05) is 19.5 Å². The standard InChI is InChI=1S/C20H21FN2O4/c1-23-11-13(12-8-9-16(26-2)17(10-12)27-3)18(20(23)25)19(24)22-15-7-5-4-6-14(15)21/h4-10,13,18H,11H2,1-3H3,(H,22,24)/t13-,18+/m1/s1. The Morgan fingerprint density at radius 2 is 1.85 bits per heavy atom. The number of carbonyl (C=O) groups excluding carboxylic acids is 2. The predicted molar refractivity (Wildman–Crippen MR) is 98.4 cm³/mol. The van der Waals surface area contributed by atoms with E-state index in [2.05, 4.69) is 5.32 Å². The van der Waals surface area contributed by atoms with Crippen molar-refractivity contribution in [3.63, 3.8) is 0 Å². The number of amides is 2. The zero-order valence-corrected chi connectivity index (χ0v) is 15.4. The van der Waals surface area contributed by atoms with Crippen LogP contribution in [0.15, 0.2) is 42.5 Å². The molecule has 0 radical (unpaired) electrons. The van der Waals surface area contributed by atoms with E-state index in [9.17, 15) is 14.0 Å². The number of methoxy groups -OCH3 is 2. The molecule has 2 aromatic rings. The zero-order chi connectivity index (χ0) is 19.6. The lowest BCUT2D eigenvalue weighted by Gasteiger charge is -2.18. The number of nitrogens with zero attached hydrogens (tertiary/aromatic N) is 1. The van der Waals surface area contributed by atoms with Crippen LogP contribution in [0.4, 0.5) is 10.1 Å². The highest BCUT2D eigenvalue weighted by Gasteiger charge is 2.44. The molecule has 142 valence electrons. The molecule has 2 aromatic carbocycles. The summed E-state index contributed by atoms with van der Waals surface area (Å²) in [5, 5.41) is 2.54. The van der Waals surface area contributed by atoms with Crippen LogP contribution in [-0.4, -0.2) is 44.5 Å². The van der Waals surface area contributed by atoms with Gasteiger partial charge in [0.1, 0.15) is 11.7 Å². The van der Waals surface area contributed by atoms with Crippen molar-refractivity contribution in [2.24, 2.45) is 5.92 Å². The van der Waals surface area contributed by atoms with E-state index < -0.39 is 17.6 Å². The second-order valence-electron chi connectivity index (χ2n) is 6.39. The molecule has 0 spiro atoms. The first-order chi connectivity index (χ1) is 13.0. The number of rotatable bonds is 5. The SMILES string of the molecule is COc1ccc([C@H]2CN(C)C(=O)[C@@H]2C(=O)Nc2ccccc2F)cc1OC. The van der Waals surface area contributed by atoms with Crippen molar-refractivity contribution < 1.29 is 23.5 Å². The third-order valence-electron chi connectivity index (χ3n) is 4.77. The highest BCUT2D eigenvalue weighted by molar-refractivity contribution is 6.08. The fraction of sp³-hybridized carbons (Fsp3) is 0.300. The quantitative estimate of drug-likeness (QED) is 0.820. The predicted octanol–water partition coefficient (Wildman–Crippen LogP) is 2.65. The first-order valence-corrected chi connectivity index (χ1v) is 8.48. The summed E-state index contributed by atoms with van der Waals surface area (Å²) in [5.41, 5.74) is 0.829. The highest BCUT2D eigenvalue weighted by atomic mass is 19.1. The van der Waals surface area contributed by atoms with Gasteiger partial charge in [-0.1, -0.05) is 18.2 Å². The molecular formula is C20H21FN2O4. The van der Waals surface area contributed by atoms with Crippen LogP contribution in [0.3, 0.4) is 0 Å². The molecule has 1 aliphatic heterocycles. The third kappa shape index (κ3) is 3.58. The van der Waals surface area contributed by atoms with Crippen LogP contribution in [0, 0.1) is 11.7 Å². The zero-order valence-electron chi connectivity index (χ0n) is 15.4. The molecule has 1 N–H and O–H groups in total. The lowest BCUT2D eigenvalue weighted by atomic mass is 9.87. The largest absolute Gasteiger partial charge is 0.493 e. The molecule has 7 heteroatoms. The van der Waals surface area contributed by atoms with Gasteiger partial charge in [0.15, 0.2) is 11.5 Å². The molecule has 2 amide bonds. The molecule has 0 bridgehead atoms. The van der Waals surface area contributed by atoms with E-state index in [1.807, 2.05) is 6.07 Å². The van der Waals surface area contributed by atoms with Crippen molar-refractivity contribution in [3.05, 3.63) is 53.8 Å². The van der Waals surface area contributed by atoms with Gasteiger partial charge in [-0.2, -0.15) is 0 Å². The number of nitrogens with one attached hydrogen (secondary N) is 1. The Morgan fingerprint density at radius 3 is 2.52 bits per heavy atom. The summed E-state index contributed by atoms with van der Waals surface area (Å²) in [6, 6.07) is 11.2. The minimum atomic E-state index is -0.951. The summed E-state index contributed by atoms with van der Waals surface area (Å²) in [5.74, 6) is -1.64. The Labute approximate surface area is 156 Å². The Bertz CT molecular complexity index is 871. The third-order valence-corrected chi connectivity index (χ3v) is 4.77. The number of hydrogen-bond acceptors (Lipinski definition) is 4. The second kappa shape index (κ2) is 7.65. The number of carbonyl (C=O) groups is 2. The van der Waals surface area contributed by atoms with Gasteiger partial charge < -0.3 is 19.7 Å². The maximum atomic E-state index is 13.9. The van der Waals surface area contributed by atoms with Gasteiger partial charge in [0.05, 0.1) is 19.9 Å². The molecule has 1 fully saturated rings. The molecule has 0 aliphatic carbocycles. The number of para-hydroxylation sites is 1. The van der Waals surface area contributed by atoms with Gasteiger partial charge in [-0.3, -0.25) is 9.59 Å². The van der Waals surface area contributed by atoms with Crippen LogP contribution < -0.4 is 14.8 Å². The van der Waals surface area contributed by atoms with Crippen LogP contribution in [0.5, 0.6) is 11.5 Å². The Hall–Kier alpha value is -3.09. The summed E-state index contributed by atoms with van der Waals surface area (Å²) in [6.07, 6.45) is 0. The number of ether oxygens (including phenoxy) is 2. The van der Waals surface area contributed by atoms with Crippen LogP contribution in [0.2, 0.25) is 0 Å². The van der Waals surface area contributed by atoms with Crippen LogP contribution in [0.25, 0.3) is 0 Å². The van der Waals surface area contributed by atoms with Gasteiger partial charge >= 0.3 is 0 Å². The van der Waals surface area contributed by atoms with Gasteiger partial charge in [-0.05, 0) is 29.8 Å². The molecule has 1 aliphatic rings. The minimum absolute atomic E-state index is 0.0518. The van der Waals surface area contributed by atoms with E-state index in [4.69, 9.17) is 9.47 Å². The minimum Gasteiger partial charge on any atom is -0.493 e. The number of likely N-dealkylation sites (tertiary alicyclic amines) is 1. The van der Waals surface area contributed by atoms with Crippen LogP contribution >= 0.6 is 0 Å². The Balaban J connectivity index is 1.91. The van der Waals surface area contributed by atoms with Crippen molar-refractivity contribution in [1.82, 2.24) is 4.90 Å². The molecule has 2 atom stereocenters. The number of benzene rings is 2. The van der Waals surface area contributed by atoms with Crippen molar-refractivity contribution in [3.8, 4) is 11.5 Å². The molecule has 0 saturated carbocycles. The lowest BCUT2D eigenvalue weighted by molar-refractivity contribution is -0.135. The van der Waals surface area contributed by atoms with E-state index in [0.717, 1.165) is 5.56 Å². The summed E-state index contributed by atoms with van der Waals surface area (Å²) < 4.78 is 24.4. The van der Waals surface area contributed by atoms with E-state index in [1.54, 1.807) is 25.2 Å². The second-order valence-corrected chi connectivity index (χ2v) is 6.39. The maximum absolute atomic E-state index is 13.9. The van der Waals surface area contributed by atoms with E-state index >= 15 is 0 Å². The number of hydrogen-bond donors (Lipinski definition) is 1. The Kier molecular flexibility index (Phi) is 5.30. The van der Waals surface area contributed by atoms with Crippen LogP contribution in [-0.2, 0) is 9.59 Å². The maximum Gasteiger partial charge on any atom is 0.237 e. The van der Waals surface area contributed by atoms with E-state index in [-0.39, 0.29) is 17.5 Å². The van der Waals surface area contributed by atoms with E-state index in [1.165, 1.54) is 37.3 Å². The smallest absolute Gasteiger partial charge is 0.237 e.